The Balaban J connectivity index is 1.79. The monoisotopic (exact) mass is 429 g/mol. The Labute approximate surface area is 184 Å². The summed E-state index contributed by atoms with van der Waals surface area (Å²) in [4.78, 5) is 15.2. The maximum absolute atomic E-state index is 14.1. The second-order valence-corrected chi connectivity index (χ2v) is 9.06. The highest BCUT2D eigenvalue weighted by Crippen LogP contribution is 2.27. The van der Waals surface area contributed by atoms with Crippen LogP contribution < -0.4 is 4.90 Å². The van der Waals surface area contributed by atoms with E-state index in [2.05, 4.69) is 4.90 Å². The molecule has 0 N–H and O–H groups in total. The summed E-state index contributed by atoms with van der Waals surface area (Å²) >= 11 is 0. The van der Waals surface area contributed by atoms with E-state index in [0.29, 0.717) is 32.6 Å². The van der Waals surface area contributed by atoms with Crippen molar-refractivity contribution in [2.75, 3.05) is 31.1 Å². The molecule has 2 unspecified atom stereocenters. The summed E-state index contributed by atoms with van der Waals surface area (Å²) in [7, 11) is 0. The van der Waals surface area contributed by atoms with Crippen molar-refractivity contribution >= 4 is 11.8 Å². The van der Waals surface area contributed by atoms with Crippen LogP contribution in [0, 0.1) is 11.0 Å². The van der Waals surface area contributed by atoms with Crippen LogP contribution in [0.1, 0.15) is 33.3 Å². The fourth-order valence-electron chi connectivity index (χ4n) is 3.88. The number of carbonyl (C=O) groups excluding carboxylic acids is 1. The average Bonchev–Trinajstić information content (AvgIpc) is 2.73. The van der Waals surface area contributed by atoms with Gasteiger partial charge in [-0.1, -0.05) is 30.3 Å². The number of amides is 1. The minimum Gasteiger partial charge on any atom is -0.601 e. The molecule has 0 aromatic heterocycles. The van der Waals surface area contributed by atoms with Gasteiger partial charge in [0.25, 0.3) is 0 Å². The lowest BCUT2D eigenvalue weighted by Crippen LogP contribution is -2.69. The van der Waals surface area contributed by atoms with Crippen molar-refractivity contribution in [3.05, 3.63) is 71.2 Å². The normalized spacial score (nSPS) is 18.3. The van der Waals surface area contributed by atoms with Gasteiger partial charge in [-0.3, -0.25) is 0 Å². The first-order valence-corrected chi connectivity index (χ1v) is 10.7. The zero-order valence-corrected chi connectivity index (χ0v) is 18.8. The first-order chi connectivity index (χ1) is 14.6. The van der Waals surface area contributed by atoms with Gasteiger partial charge in [-0.2, -0.15) is 9.55 Å². The van der Waals surface area contributed by atoms with Crippen molar-refractivity contribution in [3.63, 3.8) is 0 Å². The highest BCUT2D eigenvalue weighted by atomic mass is 19.1. The van der Waals surface area contributed by atoms with Crippen LogP contribution in [-0.2, 0) is 11.2 Å². The van der Waals surface area contributed by atoms with E-state index in [9.17, 15) is 14.4 Å². The summed E-state index contributed by atoms with van der Waals surface area (Å²) in [5.74, 6) is -0.280. The molecule has 0 spiro atoms. The zero-order valence-electron chi connectivity index (χ0n) is 18.8. The number of ether oxygens (including phenoxy) is 1. The third-order valence-corrected chi connectivity index (χ3v) is 5.49. The van der Waals surface area contributed by atoms with Gasteiger partial charge in [0, 0.05) is 25.2 Å². The lowest BCUT2D eigenvalue weighted by Gasteiger charge is -2.52. The Morgan fingerprint density at radius 1 is 1.06 bits per heavy atom. The summed E-state index contributed by atoms with van der Waals surface area (Å²) < 4.78 is 17.7. The van der Waals surface area contributed by atoms with E-state index in [4.69, 9.17) is 4.74 Å². The van der Waals surface area contributed by atoms with Crippen LogP contribution in [0.2, 0.25) is 0 Å². The molecule has 0 aliphatic carbocycles. The molecular formula is C24H32FN3O3. The summed E-state index contributed by atoms with van der Waals surface area (Å²) in [5.41, 5.74) is 1.15. The third kappa shape index (κ3) is 5.61. The number of benzene rings is 2. The van der Waals surface area contributed by atoms with E-state index >= 15 is 0 Å². The van der Waals surface area contributed by atoms with Crippen LogP contribution in [0.5, 0.6) is 0 Å². The molecule has 0 bridgehead atoms. The first kappa shape index (κ1) is 23.2. The van der Waals surface area contributed by atoms with Gasteiger partial charge in [-0.15, -0.1) is 5.01 Å². The van der Waals surface area contributed by atoms with E-state index in [1.807, 2.05) is 30.3 Å². The van der Waals surface area contributed by atoms with Gasteiger partial charge in [-0.05, 0) is 57.5 Å². The Kier molecular flexibility index (Phi) is 6.99. The molecule has 2 aromatic rings. The molecule has 2 aromatic carbocycles. The van der Waals surface area contributed by atoms with Crippen molar-refractivity contribution in [1.29, 1.82) is 0 Å². The number of hydroxylamine groups is 2. The summed E-state index contributed by atoms with van der Waals surface area (Å²) in [6, 6.07) is 15.5. The second-order valence-electron chi connectivity index (χ2n) is 9.06. The van der Waals surface area contributed by atoms with Crippen molar-refractivity contribution in [2.24, 2.45) is 0 Å². The maximum atomic E-state index is 14.1. The Morgan fingerprint density at radius 2 is 1.65 bits per heavy atom. The van der Waals surface area contributed by atoms with Crippen LogP contribution in [0.3, 0.4) is 0 Å². The van der Waals surface area contributed by atoms with Crippen LogP contribution in [-0.4, -0.2) is 53.7 Å². The highest BCUT2D eigenvalue weighted by molar-refractivity contribution is 5.60. The smallest absolute Gasteiger partial charge is 0.537 e. The van der Waals surface area contributed by atoms with Crippen molar-refractivity contribution in [1.82, 2.24) is 5.01 Å². The van der Waals surface area contributed by atoms with Crippen LogP contribution in [0.4, 0.5) is 14.9 Å². The third-order valence-electron chi connectivity index (χ3n) is 5.49. The Morgan fingerprint density at radius 3 is 2.19 bits per heavy atom. The quantitative estimate of drug-likeness (QED) is 0.507. The number of rotatable bonds is 5. The van der Waals surface area contributed by atoms with Gasteiger partial charge in [0.1, 0.15) is 17.5 Å². The summed E-state index contributed by atoms with van der Waals surface area (Å²) in [6.45, 7) is 9.04. The SMILES string of the molecule is CC(Cc1ccccc1)[N+]([O-])(C(=O)OC(C)(C)C)N1CCN(c2ccc(F)cc2)CC1. The molecule has 1 fully saturated rings. The fourth-order valence-corrected chi connectivity index (χ4v) is 3.88. The predicted molar refractivity (Wildman–Crippen MR) is 120 cm³/mol. The molecule has 7 heteroatoms. The second kappa shape index (κ2) is 9.34. The maximum Gasteiger partial charge on any atom is 0.537 e. The topological polar surface area (TPSA) is 55.8 Å². The van der Waals surface area contributed by atoms with Crippen LogP contribution in [0.25, 0.3) is 0 Å². The molecule has 31 heavy (non-hydrogen) atoms. The molecule has 1 aliphatic rings. The van der Waals surface area contributed by atoms with Gasteiger partial charge in [0.15, 0.2) is 0 Å². The van der Waals surface area contributed by atoms with Crippen molar-refractivity contribution in [2.45, 2.75) is 45.8 Å². The molecule has 1 heterocycles. The van der Waals surface area contributed by atoms with Crippen LogP contribution in [0.15, 0.2) is 54.6 Å². The Bertz CT molecular complexity index is 862. The fraction of sp³-hybridized carbons (Fsp3) is 0.458. The predicted octanol–water partition coefficient (Wildman–Crippen LogP) is 4.74. The van der Waals surface area contributed by atoms with E-state index in [-0.39, 0.29) is 5.82 Å². The summed E-state index contributed by atoms with van der Waals surface area (Å²) in [5, 5.41) is 15.8. The van der Waals surface area contributed by atoms with E-state index in [0.717, 1.165) is 11.3 Å². The average molecular weight is 430 g/mol. The number of hydrogen-bond donors (Lipinski definition) is 0. The van der Waals surface area contributed by atoms with E-state index in [1.54, 1.807) is 44.8 Å². The number of nitrogens with zero attached hydrogens (tertiary/aromatic N) is 3. The van der Waals surface area contributed by atoms with Gasteiger partial charge < -0.3 is 14.8 Å². The molecule has 0 saturated carbocycles. The van der Waals surface area contributed by atoms with E-state index in [1.165, 1.54) is 12.1 Å². The first-order valence-electron chi connectivity index (χ1n) is 10.7. The van der Waals surface area contributed by atoms with Crippen LogP contribution >= 0.6 is 0 Å². The number of quaternary nitrogens is 1. The summed E-state index contributed by atoms with van der Waals surface area (Å²) in [6.07, 6.45) is -0.326. The number of hydrogen-bond acceptors (Lipinski definition) is 5. The highest BCUT2D eigenvalue weighted by Gasteiger charge is 2.45. The van der Waals surface area contributed by atoms with E-state index < -0.39 is 22.5 Å². The largest absolute Gasteiger partial charge is 0.601 e. The van der Waals surface area contributed by atoms with Gasteiger partial charge in [0.05, 0.1) is 13.1 Å². The lowest BCUT2D eigenvalue weighted by atomic mass is 10.1. The lowest BCUT2D eigenvalue weighted by molar-refractivity contribution is -0.950. The molecule has 0 radical (unpaired) electrons. The molecular weight excluding hydrogens is 397 g/mol. The molecule has 2 atom stereocenters. The number of carbonyl (C=O) groups is 1. The molecule has 3 rings (SSSR count). The number of halogens is 1. The number of anilines is 1. The minimum atomic E-state index is -1.15. The molecule has 6 nitrogen and oxygen atoms in total. The minimum absolute atomic E-state index is 0.280. The van der Waals surface area contributed by atoms with Gasteiger partial charge in [-0.25, -0.2) is 4.39 Å². The molecule has 1 saturated heterocycles. The molecule has 168 valence electrons. The molecule has 1 amide bonds. The van der Waals surface area contributed by atoms with Gasteiger partial charge >= 0.3 is 6.09 Å². The zero-order chi connectivity index (χ0) is 22.6. The Hall–Kier alpha value is -2.48. The van der Waals surface area contributed by atoms with Crippen molar-refractivity contribution in [3.8, 4) is 0 Å². The van der Waals surface area contributed by atoms with Crippen molar-refractivity contribution < 1.29 is 18.7 Å². The van der Waals surface area contributed by atoms with Gasteiger partial charge in [0.2, 0.25) is 0 Å². The molecule has 1 aliphatic heterocycles. The number of piperazine rings is 1. The standard InChI is InChI=1S/C24H32FN3O3/c1-19(18-20-8-6-5-7-9-20)28(30,23(29)31-24(2,3)4)27-16-14-26(15-17-27)22-12-10-21(25)11-13-22/h5-13,19H,14-18H2,1-4H3.